The van der Waals surface area contributed by atoms with Gasteiger partial charge < -0.3 is 15.3 Å². The molecule has 0 aliphatic heterocycles. The first-order valence-electron chi connectivity index (χ1n) is 6.00. The normalized spacial score (nSPS) is 27.5. The molecule has 0 aromatic carbocycles. The van der Waals surface area contributed by atoms with E-state index in [2.05, 4.69) is 6.58 Å². The van der Waals surface area contributed by atoms with Gasteiger partial charge in [-0.2, -0.15) is 0 Å². The lowest BCUT2D eigenvalue weighted by Gasteiger charge is -2.44. The highest BCUT2D eigenvalue weighted by Gasteiger charge is 2.46. The zero-order valence-corrected chi connectivity index (χ0v) is 11.5. The number of aliphatic hydroxyl groups excluding tert-OH is 1. The van der Waals surface area contributed by atoms with Crippen LogP contribution in [0.3, 0.4) is 0 Å². The molecule has 0 spiro atoms. The van der Waals surface area contributed by atoms with E-state index in [0.717, 1.165) is 6.08 Å². The van der Waals surface area contributed by atoms with Gasteiger partial charge >= 0.3 is 5.97 Å². The number of aliphatic hydroxyl groups is 2. The van der Waals surface area contributed by atoms with E-state index >= 15 is 0 Å². The molecule has 4 heteroatoms. The molecule has 0 aromatic heterocycles. The highest BCUT2D eigenvalue weighted by atomic mass is 16.4. The van der Waals surface area contributed by atoms with Crippen molar-refractivity contribution in [1.82, 2.24) is 0 Å². The van der Waals surface area contributed by atoms with Gasteiger partial charge in [0.25, 0.3) is 0 Å². The van der Waals surface area contributed by atoms with Gasteiger partial charge in [0.2, 0.25) is 0 Å². The van der Waals surface area contributed by atoms with Crippen molar-refractivity contribution in [3.63, 3.8) is 0 Å². The molecule has 0 saturated heterocycles. The SMILES string of the molecule is C=C1C=C(O)CC(C)(C)[C@@]1(O)/C=C/C(C)=C\C(=O)O. The van der Waals surface area contributed by atoms with Gasteiger partial charge in [0.15, 0.2) is 0 Å². The fraction of sp³-hybridized carbons (Fsp3) is 0.400. The third-order valence-corrected chi connectivity index (χ3v) is 3.42. The number of aliphatic carboxylic acids is 1. The van der Waals surface area contributed by atoms with Crippen molar-refractivity contribution < 1.29 is 20.1 Å². The molecule has 0 heterocycles. The molecule has 0 aromatic rings. The number of allylic oxidation sites excluding steroid dienone is 3. The Morgan fingerprint density at radius 1 is 1.47 bits per heavy atom. The number of carboxylic acid groups (broad SMARTS) is 1. The fourth-order valence-electron chi connectivity index (χ4n) is 2.21. The first kappa shape index (κ1) is 15.2. The Balaban J connectivity index is 3.13. The van der Waals surface area contributed by atoms with E-state index in [1.54, 1.807) is 13.0 Å². The van der Waals surface area contributed by atoms with E-state index in [4.69, 9.17) is 5.11 Å². The summed E-state index contributed by atoms with van der Waals surface area (Å²) in [6.07, 6.45) is 5.93. The van der Waals surface area contributed by atoms with E-state index in [9.17, 15) is 15.0 Å². The minimum Gasteiger partial charge on any atom is -0.512 e. The monoisotopic (exact) mass is 264 g/mol. The maximum Gasteiger partial charge on any atom is 0.328 e. The molecule has 0 fully saturated rings. The van der Waals surface area contributed by atoms with Gasteiger partial charge in [-0.25, -0.2) is 4.79 Å². The van der Waals surface area contributed by atoms with Crippen molar-refractivity contribution in [1.29, 1.82) is 0 Å². The second kappa shape index (κ2) is 5.05. The Bertz CT molecular complexity index is 494. The van der Waals surface area contributed by atoms with E-state index in [-0.39, 0.29) is 5.76 Å². The van der Waals surface area contributed by atoms with Crippen molar-refractivity contribution in [2.75, 3.05) is 0 Å². The summed E-state index contributed by atoms with van der Waals surface area (Å²) in [5.41, 5.74) is -1.03. The molecule has 1 aliphatic rings. The van der Waals surface area contributed by atoms with Crippen LogP contribution in [-0.2, 0) is 4.79 Å². The number of hydrogen-bond donors (Lipinski definition) is 3. The Kier molecular flexibility index (Phi) is 4.06. The lowest BCUT2D eigenvalue weighted by atomic mass is 9.65. The summed E-state index contributed by atoms with van der Waals surface area (Å²) < 4.78 is 0. The summed E-state index contributed by atoms with van der Waals surface area (Å²) in [5, 5.41) is 29.0. The molecule has 0 radical (unpaired) electrons. The van der Waals surface area contributed by atoms with Crippen molar-refractivity contribution in [3.8, 4) is 0 Å². The largest absolute Gasteiger partial charge is 0.512 e. The molecule has 0 saturated carbocycles. The molecule has 4 nitrogen and oxygen atoms in total. The van der Waals surface area contributed by atoms with Crippen molar-refractivity contribution in [2.45, 2.75) is 32.8 Å². The van der Waals surface area contributed by atoms with Gasteiger partial charge in [-0.15, -0.1) is 0 Å². The summed E-state index contributed by atoms with van der Waals surface area (Å²) in [4.78, 5) is 10.5. The Labute approximate surface area is 113 Å². The second-order valence-electron chi connectivity index (χ2n) is 5.55. The summed E-state index contributed by atoms with van der Waals surface area (Å²) in [7, 11) is 0. The molecular formula is C15H20O4. The van der Waals surface area contributed by atoms with Crippen molar-refractivity contribution in [2.24, 2.45) is 5.41 Å². The molecule has 3 N–H and O–H groups in total. The molecule has 19 heavy (non-hydrogen) atoms. The lowest BCUT2D eigenvalue weighted by Crippen LogP contribution is -2.46. The first-order chi connectivity index (χ1) is 8.58. The minimum atomic E-state index is -1.31. The molecule has 0 unspecified atom stereocenters. The Hall–Kier alpha value is -1.81. The summed E-state index contributed by atoms with van der Waals surface area (Å²) in [5.74, 6) is -0.848. The highest BCUT2D eigenvalue weighted by molar-refractivity contribution is 5.81. The van der Waals surface area contributed by atoms with E-state index in [0.29, 0.717) is 17.6 Å². The van der Waals surface area contributed by atoms with Gasteiger partial charge in [0.1, 0.15) is 5.60 Å². The Morgan fingerprint density at radius 3 is 2.53 bits per heavy atom. The zero-order chi connectivity index (χ0) is 14.8. The minimum absolute atomic E-state index is 0.186. The second-order valence-corrected chi connectivity index (χ2v) is 5.55. The van der Waals surface area contributed by atoms with Crippen LogP contribution in [0.1, 0.15) is 27.2 Å². The standard InChI is InChI=1S/C15H20O4/c1-10(7-13(17)18)5-6-15(19)11(2)8-12(16)9-14(15,3)4/h5-8,16,19H,2,9H2,1,3-4H3,(H,17,18)/b6-5+,10-7-/t15-/m1/s1. The zero-order valence-electron chi connectivity index (χ0n) is 11.5. The molecule has 1 aliphatic carbocycles. The van der Waals surface area contributed by atoms with Crippen LogP contribution >= 0.6 is 0 Å². The maximum absolute atomic E-state index is 10.8. The van der Waals surface area contributed by atoms with Crippen molar-refractivity contribution >= 4 is 5.97 Å². The lowest BCUT2D eigenvalue weighted by molar-refractivity contribution is -0.131. The van der Waals surface area contributed by atoms with Crippen LogP contribution < -0.4 is 0 Å². The number of hydrogen-bond acceptors (Lipinski definition) is 3. The molecule has 0 amide bonds. The summed E-state index contributed by atoms with van der Waals surface area (Å²) in [6.45, 7) is 9.06. The predicted octanol–water partition coefficient (Wildman–Crippen LogP) is 2.73. The smallest absolute Gasteiger partial charge is 0.328 e. The van der Waals surface area contributed by atoms with Crippen LogP contribution in [0.5, 0.6) is 0 Å². The van der Waals surface area contributed by atoms with Crippen LogP contribution in [0.4, 0.5) is 0 Å². The number of rotatable bonds is 3. The average Bonchev–Trinajstić information content (AvgIpc) is 2.21. The van der Waals surface area contributed by atoms with E-state index in [1.165, 1.54) is 12.2 Å². The van der Waals surface area contributed by atoms with E-state index in [1.807, 2.05) is 13.8 Å². The topological polar surface area (TPSA) is 77.8 Å². The van der Waals surface area contributed by atoms with Gasteiger partial charge in [-0.05, 0) is 30.2 Å². The average molecular weight is 264 g/mol. The molecular weight excluding hydrogens is 244 g/mol. The molecule has 1 atom stereocenters. The van der Waals surface area contributed by atoms with Gasteiger partial charge in [-0.3, -0.25) is 0 Å². The number of carboxylic acids is 1. The maximum atomic E-state index is 10.8. The van der Waals surface area contributed by atoms with Crippen LogP contribution in [0.25, 0.3) is 0 Å². The quantitative estimate of drug-likeness (QED) is 0.541. The first-order valence-corrected chi connectivity index (χ1v) is 6.00. The third-order valence-electron chi connectivity index (χ3n) is 3.42. The fourth-order valence-corrected chi connectivity index (χ4v) is 2.21. The van der Waals surface area contributed by atoms with Gasteiger partial charge in [-0.1, -0.05) is 26.5 Å². The van der Waals surface area contributed by atoms with Gasteiger partial charge in [0.05, 0.1) is 5.76 Å². The van der Waals surface area contributed by atoms with Crippen LogP contribution in [0, 0.1) is 5.41 Å². The van der Waals surface area contributed by atoms with Crippen LogP contribution in [0.15, 0.2) is 47.8 Å². The van der Waals surface area contributed by atoms with Crippen LogP contribution in [0.2, 0.25) is 0 Å². The summed E-state index contributed by atoms with van der Waals surface area (Å²) in [6, 6.07) is 0. The number of carbonyl (C=O) groups is 1. The Morgan fingerprint density at radius 2 is 2.05 bits per heavy atom. The molecule has 0 bridgehead atoms. The van der Waals surface area contributed by atoms with Crippen molar-refractivity contribution in [3.05, 3.63) is 47.8 Å². The van der Waals surface area contributed by atoms with E-state index < -0.39 is 17.0 Å². The third kappa shape index (κ3) is 3.15. The summed E-state index contributed by atoms with van der Waals surface area (Å²) >= 11 is 0. The highest BCUT2D eigenvalue weighted by Crippen LogP contribution is 2.46. The van der Waals surface area contributed by atoms with Gasteiger partial charge in [0, 0.05) is 17.9 Å². The predicted molar refractivity (Wildman–Crippen MR) is 73.7 cm³/mol. The molecule has 1 rings (SSSR count). The van der Waals surface area contributed by atoms with Crippen LogP contribution in [-0.4, -0.2) is 26.9 Å². The molecule has 104 valence electrons.